The molecule has 0 aliphatic carbocycles. The number of aromatic nitrogens is 2. The summed E-state index contributed by atoms with van der Waals surface area (Å²) >= 11 is 0. The lowest BCUT2D eigenvalue weighted by atomic mass is 10.1. The molecule has 0 saturated carbocycles. The molecule has 1 amide bonds. The number of aryl methyl sites for hydroxylation is 1. The Morgan fingerprint density at radius 1 is 1.10 bits per heavy atom. The van der Waals surface area contributed by atoms with Crippen LogP contribution in [-0.2, 0) is 6.54 Å². The van der Waals surface area contributed by atoms with Gasteiger partial charge in [-0.2, -0.15) is 0 Å². The standard InChI is InChI=1S/C24H26N6O/c1-15-4-6-18(7-5-15)13-27-17(3)21-12-22(29-14-28-21)24(31)30-16(2)19-8-10-20(11-9-19)23(25)26/h4-12,14,16,27H,3,13H2,1-2H3,(H3,25,26)(H,30,31). The molecule has 0 fully saturated rings. The molecule has 1 unspecified atom stereocenters. The van der Waals surface area contributed by atoms with Crippen molar-refractivity contribution in [2.45, 2.75) is 26.4 Å². The molecule has 31 heavy (non-hydrogen) atoms. The number of carbonyl (C=O) groups excluding carboxylic acids is 1. The van der Waals surface area contributed by atoms with Gasteiger partial charge in [-0.25, -0.2) is 9.97 Å². The lowest BCUT2D eigenvalue weighted by Crippen LogP contribution is -2.28. The molecule has 1 heterocycles. The summed E-state index contributed by atoms with van der Waals surface area (Å²) < 4.78 is 0. The predicted octanol–water partition coefficient (Wildman–Crippen LogP) is 3.32. The number of nitrogen functional groups attached to an aromatic ring is 1. The smallest absolute Gasteiger partial charge is 0.270 e. The van der Waals surface area contributed by atoms with Gasteiger partial charge < -0.3 is 16.4 Å². The van der Waals surface area contributed by atoms with E-state index >= 15 is 0 Å². The summed E-state index contributed by atoms with van der Waals surface area (Å²) in [7, 11) is 0. The first-order chi connectivity index (χ1) is 14.8. The summed E-state index contributed by atoms with van der Waals surface area (Å²) in [5, 5.41) is 13.6. The van der Waals surface area contributed by atoms with E-state index in [9.17, 15) is 4.79 Å². The van der Waals surface area contributed by atoms with Crippen molar-refractivity contribution in [1.29, 1.82) is 5.41 Å². The summed E-state index contributed by atoms with van der Waals surface area (Å²) in [4.78, 5) is 21.0. The van der Waals surface area contributed by atoms with E-state index in [4.69, 9.17) is 11.1 Å². The number of benzene rings is 2. The van der Waals surface area contributed by atoms with Crippen LogP contribution in [-0.4, -0.2) is 21.7 Å². The lowest BCUT2D eigenvalue weighted by Gasteiger charge is -2.15. The Bertz CT molecular complexity index is 1090. The highest BCUT2D eigenvalue weighted by molar-refractivity contribution is 5.95. The molecular formula is C24H26N6O. The number of carbonyl (C=O) groups is 1. The summed E-state index contributed by atoms with van der Waals surface area (Å²) in [6, 6.07) is 16.8. The molecule has 3 rings (SSSR count). The van der Waals surface area contributed by atoms with Crippen LogP contribution in [0.1, 0.15) is 51.4 Å². The number of hydrogen-bond acceptors (Lipinski definition) is 5. The first-order valence-electron chi connectivity index (χ1n) is 9.89. The zero-order chi connectivity index (χ0) is 22.4. The van der Waals surface area contributed by atoms with Crippen LogP contribution in [0.4, 0.5) is 0 Å². The SMILES string of the molecule is C=C(NCc1ccc(C)cc1)c1cc(C(=O)NC(C)c2ccc(C(=N)N)cc2)ncn1. The Balaban J connectivity index is 1.62. The van der Waals surface area contributed by atoms with E-state index < -0.39 is 0 Å². The third-order valence-electron chi connectivity index (χ3n) is 4.90. The Morgan fingerprint density at radius 3 is 2.39 bits per heavy atom. The fraction of sp³-hybridized carbons (Fsp3) is 0.167. The first kappa shape index (κ1) is 21.7. The molecule has 2 aromatic carbocycles. The van der Waals surface area contributed by atoms with Crippen molar-refractivity contribution < 1.29 is 4.79 Å². The van der Waals surface area contributed by atoms with Crippen molar-refractivity contribution in [2.75, 3.05) is 0 Å². The molecule has 0 radical (unpaired) electrons. The predicted molar refractivity (Wildman–Crippen MR) is 122 cm³/mol. The molecular weight excluding hydrogens is 388 g/mol. The summed E-state index contributed by atoms with van der Waals surface area (Å²) in [5.74, 6) is -0.300. The van der Waals surface area contributed by atoms with Gasteiger partial charge >= 0.3 is 0 Å². The maximum atomic E-state index is 12.7. The topological polar surface area (TPSA) is 117 Å². The van der Waals surface area contributed by atoms with Gasteiger partial charge in [0.1, 0.15) is 17.9 Å². The van der Waals surface area contributed by atoms with Crippen LogP contribution in [0.2, 0.25) is 0 Å². The lowest BCUT2D eigenvalue weighted by molar-refractivity contribution is 0.0934. The van der Waals surface area contributed by atoms with Crippen molar-refractivity contribution in [3.05, 3.63) is 101 Å². The van der Waals surface area contributed by atoms with Crippen LogP contribution in [0.25, 0.3) is 5.70 Å². The van der Waals surface area contributed by atoms with E-state index in [-0.39, 0.29) is 23.5 Å². The van der Waals surface area contributed by atoms with Crippen molar-refractivity contribution in [1.82, 2.24) is 20.6 Å². The third-order valence-corrected chi connectivity index (χ3v) is 4.90. The zero-order valence-electron chi connectivity index (χ0n) is 17.6. The number of amidine groups is 1. The molecule has 7 heteroatoms. The molecule has 1 atom stereocenters. The largest absolute Gasteiger partial charge is 0.384 e. The first-order valence-corrected chi connectivity index (χ1v) is 9.89. The van der Waals surface area contributed by atoms with Gasteiger partial charge in [-0.15, -0.1) is 0 Å². The third kappa shape index (κ3) is 5.76. The molecule has 3 aromatic rings. The van der Waals surface area contributed by atoms with Gasteiger partial charge in [0, 0.05) is 12.1 Å². The average Bonchev–Trinajstić information content (AvgIpc) is 2.78. The minimum atomic E-state index is -0.307. The molecule has 0 aliphatic rings. The number of nitrogens with zero attached hydrogens (tertiary/aromatic N) is 2. The highest BCUT2D eigenvalue weighted by atomic mass is 16.1. The van der Waals surface area contributed by atoms with Gasteiger partial charge in [0.2, 0.25) is 0 Å². The highest BCUT2D eigenvalue weighted by Crippen LogP contribution is 2.15. The van der Waals surface area contributed by atoms with Gasteiger partial charge in [-0.1, -0.05) is 60.7 Å². The van der Waals surface area contributed by atoms with Gasteiger partial charge in [-0.05, 0) is 31.0 Å². The van der Waals surface area contributed by atoms with E-state index in [1.807, 2.05) is 26.0 Å². The van der Waals surface area contributed by atoms with Crippen LogP contribution in [0, 0.1) is 12.3 Å². The van der Waals surface area contributed by atoms with Gasteiger partial charge in [-0.3, -0.25) is 10.2 Å². The van der Waals surface area contributed by atoms with Crippen LogP contribution in [0.15, 0.2) is 67.5 Å². The zero-order valence-corrected chi connectivity index (χ0v) is 17.6. The Labute approximate surface area is 182 Å². The molecule has 0 aliphatic heterocycles. The second-order valence-corrected chi connectivity index (χ2v) is 7.34. The molecule has 1 aromatic heterocycles. The van der Waals surface area contributed by atoms with E-state index in [2.05, 4.69) is 51.4 Å². The maximum Gasteiger partial charge on any atom is 0.270 e. The number of rotatable bonds is 8. The minimum Gasteiger partial charge on any atom is -0.384 e. The van der Waals surface area contributed by atoms with E-state index in [0.717, 1.165) is 11.1 Å². The van der Waals surface area contributed by atoms with E-state index in [0.29, 0.717) is 23.5 Å². The second-order valence-electron chi connectivity index (χ2n) is 7.34. The van der Waals surface area contributed by atoms with Crippen LogP contribution < -0.4 is 16.4 Å². The fourth-order valence-electron chi connectivity index (χ4n) is 2.96. The van der Waals surface area contributed by atoms with Gasteiger partial charge in [0.25, 0.3) is 5.91 Å². The quantitative estimate of drug-likeness (QED) is 0.333. The number of hydrogen-bond donors (Lipinski definition) is 4. The summed E-state index contributed by atoms with van der Waals surface area (Å²) in [6.45, 7) is 8.56. The Kier molecular flexibility index (Phi) is 6.77. The summed E-state index contributed by atoms with van der Waals surface area (Å²) in [6.07, 6.45) is 1.36. The number of amides is 1. The van der Waals surface area contributed by atoms with Crippen LogP contribution in [0.3, 0.4) is 0 Å². The fourth-order valence-corrected chi connectivity index (χ4v) is 2.96. The number of nitrogens with one attached hydrogen (secondary N) is 3. The normalized spacial score (nSPS) is 11.4. The van der Waals surface area contributed by atoms with Crippen molar-refractivity contribution in [2.24, 2.45) is 5.73 Å². The van der Waals surface area contributed by atoms with Crippen molar-refractivity contribution in [3.8, 4) is 0 Å². The van der Waals surface area contributed by atoms with Crippen LogP contribution in [0.5, 0.6) is 0 Å². The Hall–Kier alpha value is -4.00. The molecule has 0 spiro atoms. The molecule has 0 saturated heterocycles. The van der Waals surface area contributed by atoms with E-state index in [1.54, 1.807) is 18.2 Å². The molecule has 7 nitrogen and oxygen atoms in total. The average molecular weight is 415 g/mol. The monoisotopic (exact) mass is 414 g/mol. The van der Waals surface area contributed by atoms with Crippen LogP contribution >= 0.6 is 0 Å². The molecule has 0 bridgehead atoms. The highest BCUT2D eigenvalue weighted by Gasteiger charge is 2.14. The summed E-state index contributed by atoms with van der Waals surface area (Å²) in [5.41, 5.74) is 10.8. The number of nitrogens with two attached hydrogens (primary N) is 1. The second kappa shape index (κ2) is 9.67. The molecule has 5 N–H and O–H groups in total. The van der Waals surface area contributed by atoms with E-state index in [1.165, 1.54) is 11.9 Å². The minimum absolute atomic E-state index is 0.00738. The van der Waals surface area contributed by atoms with Crippen molar-refractivity contribution in [3.63, 3.8) is 0 Å². The van der Waals surface area contributed by atoms with Crippen molar-refractivity contribution >= 4 is 17.4 Å². The maximum absolute atomic E-state index is 12.7. The Morgan fingerprint density at radius 2 is 1.74 bits per heavy atom. The van der Waals surface area contributed by atoms with Gasteiger partial charge in [0.15, 0.2) is 0 Å². The van der Waals surface area contributed by atoms with Gasteiger partial charge in [0.05, 0.1) is 17.4 Å². The molecule has 158 valence electrons.